The van der Waals surface area contributed by atoms with Crippen molar-refractivity contribution in [2.24, 2.45) is 5.41 Å². The van der Waals surface area contributed by atoms with E-state index in [1.165, 1.54) is 6.08 Å². The second-order valence-corrected chi connectivity index (χ2v) is 7.72. The lowest BCUT2D eigenvalue weighted by atomic mass is 9.87. The van der Waals surface area contributed by atoms with Crippen molar-refractivity contribution in [1.82, 2.24) is 9.80 Å². The summed E-state index contributed by atoms with van der Waals surface area (Å²) in [7, 11) is 0. The monoisotopic (exact) mass is 376 g/mol. The Kier molecular flexibility index (Phi) is 5.56. The number of para-hydroxylation sites is 1. The van der Waals surface area contributed by atoms with Crippen molar-refractivity contribution in [1.29, 1.82) is 0 Å². The fraction of sp³-hybridized carbons (Fsp3) is 0.500. The van der Waals surface area contributed by atoms with E-state index in [4.69, 9.17) is 16.3 Å². The molecule has 6 heteroatoms. The molecule has 26 heavy (non-hydrogen) atoms. The van der Waals surface area contributed by atoms with Gasteiger partial charge in [-0.25, -0.2) is 0 Å². The first kappa shape index (κ1) is 18.8. The van der Waals surface area contributed by atoms with Crippen molar-refractivity contribution in [2.45, 2.75) is 32.3 Å². The Balaban J connectivity index is 1.55. The van der Waals surface area contributed by atoms with Gasteiger partial charge in [-0.1, -0.05) is 30.3 Å². The maximum atomic E-state index is 13.0. The van der Waals surface area contributed by atoms with Crippen LogP contribution in [-0.2, 0) is 9.59 Å². The SMILES string of the molecule is C=CC(=O)N1CCC(C)(C(=O)N2CCC(Oc3ccccc3Cl)CC2)C1. The minimum atomic E-state index is -0.505. The number of amides is 2. The maximum Gasteiger partial charge on any atom is 0.245 e. The summed E-state index contributed by atoms with van der Waals surface area (Å²) in [4.78, 5) is 28.4. The van der Waals surface area contributed by atoms with Crippen LogP contribution in [-0.4, -0.2) is 53.9 Å². The second kappa shape index (κ2) is 7.70. The highest BCUT2D eigenvalue weighted by atomic mass is 35.5. The maximum absolute atomic E-state index is 13.0. The molecule has 1 atom stereocenters. The van der Waals surface area contributed by atoms with E-state index >= 15 is 0 Å². The van der Waals surface area contributed by atoms with Crippen molar-refractivity contribution < 1.29 is 14.3 Å². The molecule has 1 aromatic carbocycles. The van der Waals surface area contributed by atoms with Crippen LogP contribution in [0.3, 0.4) is 0 Å². The third-order valence-corrected chi connectivity index (χ3v) is 5.65. The van der Waals surface area contributed by atoms with Gasteiger partial charge in [0.2, 0.25) is 11.8 Å². The summed E-state index contributed by atoms with van der Waals surface area (Å²) in [6.07, 6.45) is 3.63. The van der Waals surface area contributed by atoms with Crippen LogP contribution in [0, 0.1) is 5.41 Å². The number of halogens is 1. The quantitative estimate of drug-likeness (QED) is 0.758. The first-order chi connectivity index (χ1) is 12.4. The molecule has 0 radical (unpaired) electrons. The predicted octanol–water partition coefficient (Wildman–Crippen LogP) is 3.13. The van der Waals surface area contributed by atoms with E-state index in [1.807, 2.05) is 36.1 Å². The van der Waals surface area contributed by atoms with Gasteiger partial charge in [0.1, 0.15) is 11.9 Å². The van der Waals surface area contributed by atoms with E-state index < -0.39 is 5.41 Å². The van der Waals surface area contributed by atoms with Crippen molar-refractivity contribution >= 4 is 23.4 Å². The van der Waals surface area contributed by atoms with Crippen LogP contribution in [0.5, 0.6) is 5.75 Å². The van der Waals surface area contributed by atoms with Gasteiger partial charge in [-0.3, -0.25) is 9.59 Å². The van der Waals surface area contributed by atoms with Crippen LogP contribution < -0.4 is 4.74 Å². The summed E-state index contributed by atoms with van der Waals surface area (Å²) < 4.78 is 5.99. The molecule has 0 bridgehead atoms. The summed E-state index contributed by atoms with van der Waals surface area (Å²) in [5, 5.41) is 0.608. The van der Waals surface area contributed by atoms with E-state index in [-0.39, 0.29) is 17.9 Å². The van der Waals surface area contributed by atoms with E-state index in [0.717, 1.165) is 12.8 Å². The van der Waals surface area contributed by atoms with E-state index in [9.17, 15) is 9.59 Å². The number of hydrogen-bond acceptors (Lipinski definition) is 3. The Morgan fingerprint density at radius 3 is 2.58 bits per heavy atom. The molecule has 5 nitrogen and oxygen atoms in total. The third-order valence-electron chi connectivity index (χ3n) is 5.34. The van der Waals surface area contributed by atoms with Crippen LogP contribution in [0.4, 0.5) is 0 Å². The lowest BCUT2D eigenvalue weighted by Gasteiger charge is -2.37. The number of nitrogens with zero attached hydrogens (tertiary/aromatic N) is 2. The van der Waals surface area contributed by atoms with E-state index in [2.05, 4.69) is 6.58 Å². The van der Waals surface area contributed by atoms with Crippen molar-refractivity contribution in [3.8, 4) is 5.75 Å². The number of carbonyl (C=O) groups excluding carboxylic acids is 2. The van der Waals surface area contributed by atoms with Gasteiger partial charge in [0.15, 0.2) is 0 Å². The molecular formula is C20H25ClN2O3. The minimum absolute atomic E-state index is 0.0641. The molecule has 2 aliphatic heterocycles. The normalized spacial score (nSPS) is 23.8. The molecule has 0 aromatic heterocycles. The van der Waals surface area contributed by atoms with Gasteiger partial charge in [-0.15, -0.1) is 0 Å². The zero-order valence-corrected chi connectivity index (χ0v) is 15.9. The molecule has 2 aliphatic rings. The molecular weight excluding hydrogens is 352 g/mol. The van der Waals surface area contributed by atoms with Crippen LogP contribution in [0.15, 0.2) is 36.9 Å². The van der Waals surface area contributed by atoms with Crippen molar-refractivity contribution in [3.05, 3.63) is 41.9 Å². The molecule has 0 aliphatic carbocycles. The number of piperidine rings is 1. The molecule has 2 amide bonds. The summed E-state index contributed by atoms with van der Waals surface area (Å²) in [5.41, 5.74) is -0.505. The third kappa shape index (κ3) is 3.88. The molecule has 2 heterocycles. The fourth-order valence-corrected chi connectivity index (χ4v) is 3.91. The highest BCUT2D eigenvalue weighted by molar-refractivity contribution is 6.32. The average Bonchev–Trinajstić information content (AvgIpc) is 3.06. The van der Waals surface area contributed by atoms with Crippen LogP contribution in [0.2, 0.25) is 5.02 Å². The van der Waals surface area contributed by atoms with Gasteiger partial charge in [-0.2, -0.15) is 0 Å². The molecule has 0 spiro atoms. The molecule has 0 N–H and O–H groups in total. The molecule has 2 fully saturated rings. The van der Waals surface area contributed by atoms with Crippen molar-refractivity contribution in [3.63, 3.8) is 0 Å². The average molecular weight is 377 g/mol. The van der Waals surface area contributed by atoms with Gasteiger partial charge in [-0.05, 0) is 31.6 Å². The molecule has 1 unspecified atom stereocenters. The Morgan fingerprint density at radius 1 is 1.23 bits per heavy atom. The highest BCUT2D eigenvalue weighted by Gasteiger charge is 2.44. The number of likely N-dealkylation sites (tertiary alicyclic amines) is 2. The largest absolute Gasteiger partial charge is 0.489 e. The summed E-state index contributed by atoms with van der Waals surface area (Å²) in [6, 6.07) is 7.45. The number of benzene rings is 1. The molecule has 2 saturated heterocycles. The number of hydrogen-bond donors (Lipinski definition) is 0. The van der Waals surface area contributed by atoms with E-state index in [1.54, 1.807) is 4.90 Å². The van der Waals surface area contributed by atoms with Crippen molar-refractivity contribution in [2.75, 3.05) is 26.2 Å². The number of ether oxygens (including phenoxy) is 1. The minimum Gasteiger partial charge on any atom is -0.489 e. The van der Waals surface area contributed by atoms with Gasteiger partial charge < -0.3 is 14.5 Å². The van der Waals surface area contributed by atoms with Gasteiger partial charge in [0.25, 0.3) is 0 Å². The zero-order chi connectivity index (χ0) is 18.7. The second-order valence-electron chi connectivity index (χ2n) is 7.31. The smallest absolute Gasteiger partial charge is 0.245 e. The van der Waals surface area contributed by atoms with E-state index in [0.29, 0.717) is 43.4 Å². The standard InChI is InChI=1S/C20H25ClN2O3/c1-3-18(24)23-13-10-20(2,14-23)19(25)22-11-8-15(9-12-22)26-17-7-5-4-6-16(17)21/h3-7,15H,1,8-14H2,2H3. The summed E-state index contributed by atoms with van der Waals surface area (Å²) >= 11 is 6.15. The molecule has 1 aromatic rings. The van der Waals surface area contributed by atoms with Crippen LogP contribution in [0.25, 0.3) is 0 Å². The Hall–Kier alpha value is -2.01. The van der Waals surface area contributed by atoms with Crippen LogP contribution >= 0.6 is 11.6 Å². The first-order valence-electron chi connectivity index (χ1n) is 9.05. The Bertz CT molecular complexity index is 700. The lowest BCUT2D eigenvalue weighted by Crippen LogP contribution is -2.49. The van der Waals surface area contributed by atoms with Gasteiger partial charge in [0, 0.05) is 39.0 Å². The number of rotatable bonds is 4. The topological polar surface area (TPSA) is 49.9 Å². The Labute approximate surface area is 159 Å². The molecule has 140 valence electrons. The Morgan fingerprint density at radius 2 is 1.92 bits per heavy atom. The first-order valence-corrected chi connectivity index (χ1v) is 9.43. The molecule has 3 rings (SSSR count). The zero-order valence-electron chi connectivity index (χ0n) is 15.1. The van der Waals surface area contributed by atoms with Gasteiger partial charge >= 0.3 is 0 Å². The molecule has 0 saturated carbocycles. The summed E-state index contributed by atoms with van der Waals surface area (Å²) in [6.45, 7) is 7.89. The van der Waals surface area contributed by atoms with Crippen LogP contribution in [0.1, 0.15) is 26.2 Å². The fourth-order valence-electron chi connectivity index (χ4n) is 3.73. The lowest BCUT2D eigenvalue weighted by molar-refractivity contribution is -0.142. The van der Waals surface area contributed by atoms with Gasteiger partial charge in [0.05, 0.1) is 10.4 Å². The predicted molar refractivity (Wildman–Crippen MR) is 101 cm³/mol. The highest BCUT2D eigenvalue weighted by Crippen LogP contribution is 2.34. The number of carbonyl (C=O) groups is 2. The summed E-state index contributed by atoms with van der Waals surface area (Å²) in [5.74, 6) is 0.724.